The normalized spacial score (nSPS) is 11.9. The highest BCUT2D eigenvalue weighted by Crippen LogP contribution is 2.17. The highest BCUT2D eigenvalue weighted by atomic mass is 16.4. The largest absolute Gasteiger partial charge is 0.481 e. The molecule has 1 aromatic rings. The molecule has 1 atom stereocenters. The van der Waals surface area contributed by atoms with Gasteiger partial charge in [-0.15, -0.1) is 0 Å². The molecular formula is C13H18N2O3. The van der Waals surface area contributed by atoms with Crippen molar-refractivity contribution in [1.29, 1.82) is 0 Å². The first-order valence-corrected chi connectivity index (χ1v) is 5.85. The third-order valence-electron chi connectivity index (χ3n) is 2.66. The van der Waals surface area contributed by atoms with Crippen molar-refractivity contribution in [2.24, 2.45) is 11.7 Å². The lowest BCUT2D eigenvalue weighted by atomic mass is 10.1. The van der Waals surface area contributed by atoms with Crippen molar-refractivity contribution in [3.05, 3.63) is 29.8 Å². The Hall–Kier alpha value is -1.88. The number of hydrogen-bond acceptors (Lipinski definition) is 3. The second-order valence-corrected chi connectivity index (χ2v) is 4.20. The van der Waals surface area contributed by atoms with Crippen LogP contribution in [0, 0.1) is 5.92 Å². The zero-order valence-corrected chi connectivity index (χ0v) is 10.3. The van der Waals surface area contributed by atoms with E-state index in [9.17, 15) is 9.59 Å². The summed E-state index contributed by atoms with van der Waals surface area (Å²) < 4.78 is 0. The minimum atomic E-state index is -0.924. The minimum absolute atomic E-state index is 0.109. The van der Waals surface area contributed by atoms with Gasteiger partial charge in [-0.25, -0.2) is 0 Å². The minimum Gasteiger partial charge on any atom is -0.481 e. The molecule has 0 saturated heterocycles. The molecule has 0 bridgehead atoms. The average Bonchev–Trinajstić information content (AvgIpc) is 2.31. The third-order valence-corrected chi connectivity index (χ3v) is 2.66. The molecule has 0 aliphatic rings. The van der Waals surface area contributed by atoms with E-state index in [2.05, 4.69) is 5.32 Å². The predicted molar refractivity (Wildman–Crippen MR) is 69.2 cm³/mol. The molecule has 5 nitrogen and oxygen atoms in total. The Labute approximate surface area is 106 Å². The zero-order valence-electron chi connectivity index (χ0n) is 10.3. The average molecular weight is 250 g/mol. The number of rotatable bonds is 6. The first-order chi connectivity index (χ1) is 8.54. The van der Waals surface area contributed by atoms with E-state index in [0.717, 1.165) is 0 Å². The van der Waals surface area contributed by atoms with Crippen molar-refractivity contribution in [1.82, 2.24) is 0 Å². The quantitative estimate of drug-likeness (QED) is 0.708. The van der Waals surface area contributed by atoms with Crippen molar-refractivity contribution in [3.63, 3.8) is 0 Å². The molecule has 0 aromatic heterocycles. The number of carboxylic acid groups (broad SMARTS) is 1. The molecule has 0 fully saturated rings. The number of amides is 1. The van der Waals surface area contributed by atoms with Gasteiger partial charge in [-0.2, -0.15) is 0 Å². The number of nitrogens with one attached hydrogen (secondary N) is 1. The fraction of sp³-hybridized carbons (Fsp3) is 0.385. The van der Waals surface area contributed by atoms with Gasteiger partial charge < -0.3 is 16.2 Å². The van der Waals surface area contributed by atoms with Gasteiger partial charge in [0.15, 0.2) is 0 Å². The van der Waals surface area contributed by atoms with Crippen molar-refractivity contribution in [3.8, 4) is 0 Å². The summed E-state index contributed by atoms with van der Waals surface area (Å²) in [6.07, 6.45) is 0.495. The first-order valence-electron chi connectivity index (χ1n) is 5.85. The zero-order chi connectivity index (χ0) is 13.5. The molecule has 0 aliphatic carbocycles. The van der Waals surface area contributed by atoms with Gasteiger partial charge in [0.1, 0.15) is 0 Å². The van der Waals surface area contributed by atoms with Crippen LogP contribution < -0.4 is 11.1 Å². The van der Waals surface area contributed by atoms with Crippen LogP contribution in [-0.4, -0.2) is 23.5 Å². The van der Waals surface area contributed by atoms with Crippen LogP contribution in [0.5, 0.6) is 0 Å². The van der Waals surface area contributed by atoms with Crippen LogP contribution in [0.25, 0.3) is 0 Å². The SMILES string of the molecule is CC(CCN)C(=O)Nc1ccccc1CC(=O)O. The van der Waals surface area contributed by atoms with Crippen molar-refractivity contribution in [2.75, 3.05) is 11.9 Å². The van der Waals surface area contributed by atoms with Crippen LogP contribution in [0.15, 0.2) is 24.3 Å². The monoisotopic (exact) mass is 250 g/mol. The maximum Gasteiger partial charge on any atom is 0.307 e. The lowest BCUT2D eigenvalue weighted by Crippen LogP contribution is -2.23. The highest BCUT2D eigenvalue weighted by Gasteiger charge is 2.14. The van der Waals surface area contributed by atoms with Crippen LogP contribution in [0.2, 0.25) is 0 Å². The van der Waals surface area contributed by atoms with Gasteiger partial charge in [0, 0.05) is 11.6 Å². The summed E-state index contributed by atoms with van der Waals surface area (Å²) in [6.45, 7) is 2.24. The summed E-state index contributed by atoms with van der Waals surface area (Å²) in [5.74, 6) is -1.25. The van der Waals surface area contributed by atoms with Gasteiger partial charge in [0.25, 0.3) is 0 Å². The molecule has 5 heteroatoms. The molecule has 1 unspecified atom stereocenters. The summed E-state index contributed by atoms with van der Waals surface area (Å²) in [5.41, 5.74) is 6.54. The summed E-state index contributed by atoms with van der Waals surface area (Å²) in [7, 11) is 0. The van der Waals surface area contributed by atoms with Crippen LogP contribution in [0.1, 0.15) is 18.9 Å². The molecule has 1 amide bonds. The fourth-order valence-electron chi connectivity index (χ4n) is 1.60. The molecule has 1 rings (SSSR count). The highest BCUT2D eigenvalue weighted by molar-refractivity contribution is 5.93. The second kappa shape index (κ2) is 6.76. The third kappa shape index (κ3) is 4.18. The maximum absolute atomic E-state index is 11.8. The van der Waals surface area contributed by atoms with Crippen molar-refractivity contribution < 1.29 is 14.7 Å². The molecule has 18 heavy (non-hydrogen) atoms. The summed E-state index contributed by atoms with van der Waals surface area (Å²) in [5, 5.41) is 11.5. The topological polar surface area (TPSA) is 92.4 Å². The van der Waals surface area contributed by atoms with Gasteiger partial charge >= 0.3 is 5.97 Å². The molecule has 1 aromatic carbocycles. The smallest absolute Gasteiger partial charge is 0.307 e. The van der Waals surface area contributed by atoms with Crippen LogP contribution >= 0.6 is 0 Å². The molecule has 0 spiro atoms. The summed E-state index contributed by atoms with van der Waals surface area (Å²) >= 11 is 0. The summed E-state index contributed by atoms with van der Waals surface area (Å²) in [6, 6.07) is 6.90. The molecule has 0 heterocycles. The Bertz CT molecular complexity index is 432. The van der Waals surface area contributed by atoms with E-state index in [1.807, 2.05) is 0 Å². The predicted octanol–water partition coefficient (Wildman–Crippen LogP) is 1.24. The number of aliphatic carboxylic acids is 1. The fourth-order valence-corrected chi connectivity index (χ4v) is 1.60. The lowest BCUT2D eigenvalue weighted by Gasteiger charge is -2.13. The van der Waals surface area contributed by atoms with E-state index in [1.165, 1.54) is 0 Å². The standard InChI is InChI=1S/C13H18N2O3/c1-9(6-7-14)13(18)15-11-5-3-2-4-10(11)8-12(16)17/h2-5,9H,6-8,14H2,1H3,(H,15,18)(H,16,17). The summed E-state index contributed by atoms with van der Waals surface area (Å²) in [4.78, 5) is 22.5. The number of hydrogen-bond donors (Lipinski definition) is 3. The number of carboxylic acids is 1. The maximum atomic E-state index is 11.8. The van der Waals surface area contributed by atoms with Gasteiger partial charge in [-0.05, 0) is 24.6 Å². The number of carbonyl (C=O) groups is 2. The molecule has 0 aliphatic heterocycles. The lowest BCUT2D eigenvalue weighted by molar-refractivity contribution is -0.136. The van der Waals surface area contributed by atoms with E-state index < -0.39 is 5.97 Å². The number of nitrogens with two attached hydrogens (primary N) is 1. The van der Waals surface area contributed by atoms with Crippen molar-refractivity contribution >= 4 is 17.6 Å². The van der Waals surface area contributed by atoms with E-state index in [4.69, 9.17) is 10.8 Å². The first kappa shape index (κ1) is 14.2. The molecule has 98 valence electrons. The Kier molecular flexibility index (Phi) is 5.32. The van der Waals surface area contributed by atoms with E-state index in [0.29, 0.717) is 24.2 Å². The van der Waals surface area contributed by atoms with Gasteiger partial charge in [-0.1, -0.05) is 25.1 Å². The Morgan fingerprint density at radius 3 is 2.67 bits per heavy atom. The van der Waals surface area contributed by atoms with E-state index in [-0.39, 0.29) is 18.2 Å². The number of anilines is 1. The molecule has 0 radical (unpaired) electrons. The van der Waals surface area contributed by atoms with Gasteiger partial charge in [0.2, 0.25) is 5.91 Å². The Balaban J connectivity index is 2.77. The van der Waals surface area contributed by atoms with E-state index in [1.54, 1.807) is 31.2 Å². The number of carbonyl (C=O) groups excluding carboxylic acids is 1. The molecule has 4 N–H and O–H groups in total. The van der Waals surface area contributed by atoms with Gasteiger partial charge in [-0.3, -0.25) is 9.59 Å². The molecular weight excluding hydrogens is 232 g/mol. The van der Waals surface area contributed by atoms with Gasteiger partial charge in [0.05, 0.1) is 6.42 Å². The Morgan fingerprint density at radius 1 is 1.39 bits per heavy atom. The Morgan fingerprint density at radius 2 is 2.06 bits per heavy atom. The second-order valence-electron chi connectivity index (χ2n) is 4.20. The van der Waals surface area contributed by atoms with Crippen LogP contribution in [-0.2, 0) is 16.0 Å². The number of para-hydroxylation sites is 1. The number of benzene rings is 1. The van der Waals surface area contributed by atoms with E-state index >= 15 is 0 Å². The van der Waals surface area contributed by atoms with Crippen LogP contribution in [0.3, 0.4) is 0 Å². The van der Waals surface area contributed by atoms with Crippen LogP contribution in [0.4, 0.5) is 5.69 Å². The molecule has 0 saturated carbocycles. The van der Waals surface area contributed by atoms with Crippen molar-refractivity contribution in [2.45, 2.75) is 19.8 Å².